The third kappa shape index (κ3) is 8.30. The van der Waals surface area contributed by atoms with Gasteiger partial charge in [0.2, 0.25) is 0 Å². The van der Waals surface area contributed by atoms with Crippen LogP contribution in [0, 0.1) is 5.41 Å². The Morgan fingerprint density at radius 2 is 1.55 bits per heavy atom. The van der Waals surface area contributed by atoms with Crippen LogP contribution in [0.1, 0.15) is 37.3 Å². The van der Waals surface area contributed by atoms with Crippen LogP contribution in [0.15, 0.2) is 18.2 Å². The average molecular weight is 594 g/mol. The fraction of sp³-hybridized carbons (Fsp3) is 0.720. The van der Waals surface area contributed by atoms with Crippen molar-refractivity contribution in [1.29, 1.82) is 0 Å². The standard InChI is InChI=1S/C25H32F9N3O3/c1-3-22(4-6-37(7-5-22)21(38)40-20(24(29,30)31)25(32,33)34)16-35(2)15-17-12-18(23(26,27)28)14-19(13-17)36-8-10-39-11-9-36/h12-14,20H,3-11,15-16H2,1-2H3. The summed E-state index contributed by atoms with van der Waals surface area (Å²) in [6.45, 7) is 3.93. The lowest BCUT2D eigenvalue weighted by Gasteiger charge is -2.43. The zero-order chi connectivity index (χ0) is 29.9. The van der Waals surface area contributed by atoms with Crippen molar-refractivity contribution < 1.29 is 53.8 Å². The number of nitrogens with zero attached hydrogens (tertiary/aromatic N) is 3. The number of carbonyl (C=O) groups is 1. The molecular formula is C25H32F9N3O3. The van der Waals surface area contributed by atoms with Gasteiger partial charge in [-0.15, -0.1) is 0 Å². The Hall–Kier alpha value is -2.42. The van der Waals surface area contributed by atoms with Crippen LogP contribution in [-0.2, 0) is 22.2 Å². The number of hydrogen-bond donors (Lipinski definition) is 0. The third-order valence-corrected chi connectivity index (χ3v) is 7.38. The first-order valence-corrected chi connectivity index (χ1v) is 12.7. The molecule has 2 fully saturated rings. The van der Waals surface area contributed by atoms with E-state index >= 15 is 0 Å². The molecule has 2 saturated heterocycles. The molecule has 2 heterocycles. The van der Waals surface area contributed by atoms with E-state index in [0.717, 1.165) is 17.0 Å². The second-order valence-corrected chi connectivity index (χ2v) is 10.3. The topological polar surface area (TPSA) is 45.2 Å². The van der Waals surface area contributed by atoms with E-state index in [0.29, 0.717) is 50.5 Å². The van der Waals surface area contributed by atoms with Gasteiger partial charge in [0.05, 0.1) is 18.8 Å². The van der Waals surface area contributed by atoms with Gasteiger partial charge in [0, 0.05) is 45.0 Å². The highest BCUT2D eigenvalue weighted by Crippen LogP contribution is 2.39. The molecule has 1 amide bonds. The van der Waals surface area contributed by atoms with Crippen LogP contribution in [0.25, 0.3) is 0 Å². The molecular weight excluding hydrogens is 561 g/mol. The predicted molar refractivity (Wildman–Crippen MR) is 127 cm³/mol. The highest BCUT2D eigenvalue weighted by Gasteiger charge is 2.60. The minimum Gasteiger partial charge on any atom is -0.426 e. The number of alkyl halides is 9. The molecule has 0 aliphatic carbocycles. The molecule has 0 N–H and O–H groups in total. The van der Waals surface area contributed by atoms with Gasteiger partial charge < -0.3 is 24.2 Å². The van der Waals surface area contributed by atoms with E-state index in [9.17, 15) is 44.3 Å². The highest BCUT2D eigenvalue weighted by molar-refractivity contribution is 5.68. The summed E-state index contributed by atoms with van der Waals surface area (Å²) >= 11 is 0. The number of likely N-dealkylation sites (tertiary alicyclic amines) is 1. The largest absolute Gasteiger partial charge is 0.434 e. The van der Waals surface area contributed by atoms with E-state index in [1.807, 2.05) is 16.7 Å². The molecule has 1 aromatic carbocycles. The molecule has 0 radical (unpaired) electrons. The molecule has 2 aliphatic heterocycles. The van der Waals surface area contributed by atoms with Gasteiger partial charge in [-0.2, -0.15) is 39.5 Å². The normalized spacial score (nSPS) is 18.9. The van der Waals surface area contributed by atoms with Crippen molar-refractivity contribution >= 4 is 11.8 Å². The fourth-order valence-corrected chi connectivity index (χ4v) is 5.15. The van der Waals surface area contributed by atoms with Gasteiger partial charge in [0.25, 0.3) is 6.10 Å². The fourth-order valence-electron chi connectivity index (χ4n) is 5.15. The summed E-state index contributed by atoms with van der Waals surface area (Å²) in [6.07, 6.45) is -20.9. The number of halogens is 9. The van der Waals surface area contributed by atoms with Crippen molar-refractivity contribution in [2.75, 3.05) is 57.9 Å². The first kappa shape index (κ1) is 32.1. The van der Waals surface area contributed by atoms with Crippen LogP contribution in [0.2, 0.25) is 0 Å². The zero-order valence-electron chi connectivity index (χ0n) is 22.1. The van der Waals surface area contributed by atoms with Crippen molar-refractivity contribution in [3.8, 4) is 0 Å². The summed E-state index contributed by atoms with van der Waals surface area (Å²) in [5.74, 6) is 0. The SMILES string of the molecule is CCC1(CN(C)Cc2cc(N3CCOCC3)cc(C(F)(F)F)c2)CCN(C(=O)OC(C(F)(F)F)C(F)(F)F)CC1. The van der Waals surface area contributed by atoms with E-state index < -0.39 is 41.7 Å². The minimum absolute atomic E-state index is 0.117. The van der Waals surface area contributed by atoms with Crippen molar-refractivity contribution in [2.24, 2.45) is 5.41 Å². The van der Waals surface area contributed by atoms with Crippen LogP contribution in [0.4, 0.5) is 50.0 Å². The number of piperidine rings is 1. The van der Waals surface area contributed by atoms with Crippen molar-refractivity contribution in [1.82, 2.24) is 9.80 Å². The van der Waals surface area contributed by atoms with E-state index in [1.165, 1.54) is 0 Å². The van der Waals surface area contributed by atoms with Crippen LogP contribution in [-0.4, -0.2) is 87.3 Å². The Morgan fingerprint density at radius 1 is 0.975 bits per heavy atom. The van der Waals surface area contributed by atoms with Crippen LogP contribution >= 0.6 is 0 Å². The molecule has 3 rings (SSSR count). The smallest absolute Gasteiger partial charge is 0.426 e. The second kappa shape index (κ2) is 12.2. The molecule has 0 atom stereocenters. The molecule has 6 nitrogen and oxygen atoms in total. The number of amides is 1. The number of carbonyl (C=O) groups excluding carboxylic acids is 1. The van der Waals surface area contributed by atoms with Gasteiger partial charge in [0.15, 0.2) is 0 Å². The molecule has 0 saturated carbocycles. The van der Waals surface area contributed by atoms with Crippen LogP contribution in [0.3, 0.4) is 0 Å². The minimum atomic E-state index is -5.80. The summed E-state index contributed by atoms with van der Waals surface area (Å²) in [7, 11) is 1.73. The van der Waals surface area contributed by atoms with Gasteiger partial charge in [-0.1, -0.05) is 6.92 Å². The number of ether oxygens (including phenoxy) is 2. The summed E-state index contributed by atoms with van der Waals surface area (Å²) in [5, 5.41) is 0. The number of rotatable bonds is 7. The van der Waals surface area contributed by atoms with Crippen molar-refractivity contribution in [3.63, 3.8) is 0 Å². The number of anilines is 1. The number of benzene rings is 1. The Balaban J connectivity index is 1.66. The van der Waals surface area contributed by atoms with E-state index in [-0.39, 0.29) is 32.5 Å². The maximum atomic E-state index is 13.6. The molecule has 0 unspecified atom stereocenters. The Morgan fingerprint density at radius 3 is 2.05 bits per heavy atom. The molecule has 228 valence electrons. The predicted octanol–water partition coefficient (Wildman–Crippen LogP) is 6.10. The Labute approximate surface area is 226 Å². The summed E-state index contributed by atoms with van der Waals surface area (Å²) in [6, 6.07) is 3.90. The van der Waals surface area contributed by atoms with Crippen molar-refractivity contribution in [3.05, 3.63) is 29.3 Å². The van der Waals surface area contributed by atoms with E-state index in [4.69, 9.17) is 4.74 Å². The van der Waals surface area contributed by atoms with Gasteiger partial charge in [-0.05, 0) is 55.5 Å². The molecule has 0 aromatic heterocycles. The molecule has 15 heteroatoms. The summed E-state index contributed by atoms with van der Waals surface area (Å²) in [4.78, 5) is 16.6. The lowest BCUT2D eigenvalue weighted by atomic mass is 9.75. The molecule has 1 aromatic rings. The quantitative estimate of drug-likeness (QED) is 0.358. The maximum Gasteiger partial charge on any atom is 0.434 e. The van der Waals surface area contributed by atoms with Gasteiger partial charge >= 0.3 is 24.6 Å². The highest BCUT2D eigenvalue weighted by atomic mass is 19.4. The monoisotopic (exact) mass is 593 g/mol. The van der Waals surface area contributed by atoms with E-state index in [1.54, 1.807) is 13.1 Å². The van der Waals surface area contributed by atoms with Gasteiger partial charge in [-0.3, -0.25) is 0 Å². The second-order valence-electron chi connectivity index (χ2n) is 10.3. The maximum absolute atomic E-state index is 13.6. The molecule has 0 spiro atoms. The lowest BCUT2D eigenvalue weighted by molar-refractivity contribution is -0.308. The first-order chi connectivity index (χ1) is 18.4. The first-order valence-electron chi connectivity index (χ1n) is 12.7. The van der Waals surface area contributed by atoms with Crippen LogP contribution in [0.5, 0.6) is 0 Å². The summed E-state index contributed by atoms with van der Waals surface area (Å²) in [5.41, 5.74) is -0.341. The molecule has 0 bridgehead atoms. The van der Waals surface area contributed by atoms with E-state index in [2.05, 4.69) is 4.74 Å². The Bertz CT molecular complexity index is 986. The van der Waals surface area contributed by atoms with Gasteiger partial charge in [0.1, 0.15) is 0 Å². The average Bonchev–Trinajstić information content (AvgIpc) is 2.86. The zero-order valence-corrected chi connectivity index (χ0v) is 22.1. The molecule has 40 heavy (non-hydrogen) atoms. The van der Waals surface area contributed by atoms with Crippen molar-refractivity contribution in [2.45, 2.75) is 57.4 Å². The van der Waals surface area contributed by atoms with Gasteiger partial charge in [-0.25, -0.2) is 4.79 Å². The summed E-state index contributed by atoms with van der Waals surface area (Å²) < 4.78 is 127. The lowest BCUT2D eigenvalue weighted by Crippen LogP contribution is -2.51. The van der Waals surface area contributed by atoms with Crippen LogP contribution < -0.4 is 4.90 Å². The molecule has 2 aliphatic rings. The number of morpholine rings is 1. The number of hydrogen-bond acceptors (Lipinski definition) is 5. The Kier molecular flexibility index (Phi) is 9.80. The third-order valence-electron chi connectivity index (χ3n) is 7.38.